The maximum atomic E-state index is 10.4. The van der Waals surface area contributed by atoms with Gasteiger partial charge in [0.25, 0.3) is 10.1 Å². The van der Waals surface area contributed by atoms with Gasteiger partial charge in [0.1, 0.15) is 0 Å². The molecule has 1 atom stereocenters. The van der Waals surface area contributed by atoms with E-state index in [1.807, 2.05) is 6.92 Å². The van der Waals surface area contributed by atoms with Crippen LogP contribution in [0, 0.1) is 0 Å². The molecule has 10 N–H and O–H groups in total. The van der Waals surface area contributed by atoms with E-state index in [1.165, 1.54) is 0 Å². The standard InChI is InChI=1S/C5H12O3S.5FH2O3P.Li/c1-2-3-4-5-9(6,7)8;5*1-5(2,3)4;/h2-5H2,1H3,(H,6,7,8);5*(H2,2,3,4);/q;;;;;;+1/p-1. The van der Waals surface area contributed by atoms with Gasteiger partial charge in [-0.25, -0.2) is 18.3 Å². The third-order valence-corrected chi connectivity index (χ3v) is 1.81. The second-order valence-corrected chi connectivity index (χ2v) is 10.6. The van der Waals surface area contributed by atoms with E-state index in [-0.39, 0.29) is 24.6 Å². The van der Waals surface area contributed by atoms with Gasteiger partial charge in [-0.2, -0.15) is 12.6 Å². The van der Waals surface area contributed by atoms with Gasteiger partial charge in [0, 0.05) is 0 Å². The zero-order valence-corrected chi connectivity index (χ0v) is 22.4. The first-order chi connectivity index (χ1) is 14.1. The van der Waals surface area contributed by atoms with E-state index >= 15 is 0 Å². The van der Waals surface area contributed by atoms with E-state index in [9.17, 15) is 29.4 Å². The van der Waals surface area contributed by atoms with Crippen molar-refractivity contribution in [1.29, 1.82) is 0 Å². The molecule has 1 unspecified atom stereocenters. The molecular formula is C5H21F5LiO18P5S. The molecule has 0 aromatic rings. The smallest absolute Gasteiger partial charge is 0.753 e. The summed E-state index contributed by atoms with van der Waals surface area (Å²) in [6.45, 7) is 1.98. The van der Waals surface area contributed by atoms with Gasteiger partial charge in [-0.05, 0) is 6.42 Å². The molecule has 35 heavy (non-hydrogen) atoms. The summed E-state index contributed by atoms with van der Waals surface area (Å²) < 4.78 is 123. The normalized spacial score (nSPS) is 12.8. The van der Waals surface area contributed by atoms with E-state index in [0.29, 0.717) is 6.42 Å². The van der Waals surface area contributed by atoms with Gasteiger partial charge < -0.3 is 9.79 Å². The summed E-state index contributed by atoms with van der Waals surface area (Å²) in [5, 5.41) is 0. The van der Waals surface area contributed by atoms with E-state index in [2.05, 4.69) is 0 Å². The van der Waals surface area contributed by atoms with Crippen LogP contribution in [0.5, 0.6) is 0 Å². The zero-order chi connectivity index (χ0) is 29.8. The van der Waals surface area contributed by atoms with E-state index < -0.39 is 49.7 Å². The van der Waals surface area contributed by atoms with Gasteiger partial charge in [-0.3, -0.25) is 48.3 Å². The minimum atomic E-state index is -5.39. The molecular weight excluding hydrogens is 637 g/mol. The minimum absolute atomic E-state index is 0. The second kappa shape index (κ2) is 24.0. The predicted octanol–water partition coefficient (Wildman–Crippen LogP) is -2.32. The molecule has 0 aliphatic rings. The van der Waals surface area contributed by atoms with Crippen LogP contribution in [0.3, 0.4) is 0 Å². The first kappa shape index (κ1) is 52.4. The van der Waals surface area contributed by atoms with Crippen molar-refractivity contribution in [2.45, 2.75) is 26.2 Å². The summed E-state index contributed by atoms with van der Waals surface area (Å²) in [5.74, 6) is -0.0964. The fourth-order valence-electron chi connectivity index (χ4n) is 0.534. The molecule has 0 saturated heterocycles. The largest absolute Gasteiger partial charge is 1.00 e. The minimum Gasteiger partial charge on any atom is -0.753 e. The summed E-state index contributed by atoms with van der Waals surface area (Å²) >= 11 is 0. The van der Waals surface area contributed by atoms with Gasteiger partial charge in [0.15, 0.2) is 0 Å². The molecule has 0 amide bonds. The van der Waals surface area contributed by atoms with Gasteiger partial charge in [-0.15, -0.1) is 16.8 Å². The number of rotatable bonds is 4. The Hall–Kier alpha value is 0.907. The van der Waals surface area contributed by atoms with Crippen LogP contribution in [0.15, 0.2) is 0 Å². The average Bonchev–Trinajstić information content (AvgIpc) is 2.26. The Labute approximate surface area is 206 Å². The van der Waals surface area contributed by atoms with E-state index in [4.69, 9.17) is 76.3 Å². The maximum absolute atomic E-state index is 10.4. The first-order valence-corrected chi connectivity index (χ1v) is 15.8. The topological polar surface area (TPSA) is 345 Å². The van der Waals surface area contributed by atoms with Crippen LogP contribution in [0.25, 0.3) is 0 Å². The van der Waals surface area contributed by atoms with Gasteiger partial charge in [-0.1, -0.05) is 19.8 Å². The van der Waals surface area contributed by atoms with Crippen molar-refractivity contribution in [3.63, 3.8) is 0 Å². The Kier molecular flexibility index (Phi) is 35.9. The summed E-state index contributed by atoms with van der Waals surface area (Å²) in [7, 11) is -29.6. The van der Waals surface area contributed by atoms with Crippen molar-refractivity contribution < 1.29 is 125 Å². The maximum Gasteiger partial charge on any atom is 1.00 e. The van der Waals surface area contributed by atoms with Gasteiger partial charge >= 0.3 is 58.4 Å². The van der Waals surface area contributed by atoms with Gasteiger partial charge in [0.05, 0.1) is 5.75 Å². The molecule has 0 aliphatic carbocycles. The molecule has 0 bridgehead atoms. The Balaban J connectivity index is -0.0000000546. The molecule has 0 rings (SSSR count). The molecule has 0 spiro atoms. The first-order valence-electron chi connectivity index (χ1n) is 6.75. The molecule has 0 heterocycles. The van der Waals surface area contributed by atoms with E-state index in [0.717, 1.165) is 12.8 Å². The zero-order valence-electron chi connectivity index (χ0n) is 17.1. The monoisotopic (exact) mass is 658 g/mol. The Morgan fingerprint density at radius 2 is 0.771 bits per heavy atom. The van der Waals surface area contributed by atoms with Crippen LogP contribution in [0.4, 0.5) is 21.0 Å². The van der Waals surface area contributed by atoms with Crippen molar-refractivity contribution in [2.75, 3.05) is 5.75 Å². The molecule has 0 aromatic heterocycles. The predicted molar refractivity (Wildman–Crippen MR) is 99.5 cm³/mol. The van der Waals surface area contributed by atoms with Crippen LogP contribution in [-0.4, -0.2) is 62.8 Å². The van der Waals surface area contributed by atoms with Crippen molar-refractivity contribution in [3.8, 4) is 0 Å². The van der Waals surface area contributed by atoms with Crippen molar-refractivity contribution in [3.05, 3.63) is 0 Å². The van der Waals surface area contributed by atoms with Crippen molar-refractivity contribution in [2.24, 2.45) is 0 Å². The molecule has 0 aliphatic heterocycles. The number of unbranched alkanes of at least 4 members (excludes halogenated alkanes) is 2. The molecule has 0 fully saturated rings. The fourth-order valence-corrected chi connectivity index (χ4v) is 1.10. The van der Waals surface area contributed by atoms with Crippen molar-refractivity contribution in [1.82, 2.24) is 0 Å². The molecule has 0 saturated carbocycles. The summed E-state index contributed by atoms with van der Waals surface area (Å²) in [6.07, 6.45) is 2.39. The Bertz CT molecular complexity index is 669. The van der Waals surface area contributed by atoms with Crippen LogP contribution < -0.4 is 23.8 Å². The molecule has 30 heteroatoms. The fraction of sp³-hybridized carbons (Fsp3) is 1.00. The number of hydrogen-bond donors (Lipinski definition) is 10. The van der Waals surface area contributed by atoms with Crippen LogP contribution in [0.1, 0.15) is 26.2 Å². The third kappa shape index (κ3) is 792. The van der Waals surface area contributed by atoms with Crippen LogP contribution >= 0.6 is 39.5 Å². The van der Waals surface area contributed by atoms with Crippen molar-refractivity contribution >= 4 is 49.7 Å². The number of hydrogen-bond acceptors (Lipinski definition) is 8. The summed E-state index contributed by atoms with van der Waals surface area (Å²) in [4.78, 5) is 71.1. The molecule has 0 radical (unpaired) electrons. The average molecular weight is 658 g/mol. The SMILES string of the molecule is CCCCCS(=O)(=O)O.O=P(O)(O)F.O=P(O)(O)F.O=P(O)(O)F.O=P(O)(O)F.O=P([O-])(O)F.[Li+]. The van der Waals surface area contributed by atoms with E-state index in [1.54, 1.807) is 0 Å². The summed E-state index contributed by atoms with van der Waals surface area (Å²) in [6, 6.07) is 0. The quantitative estimate of drug-likeness (QED) is 0.0498. The Morgan fingerprint density at radius 1 is 0.629 bits per heavy atom. The van der Waals surface area contributed by atoms with Crippen LogP contribution in [-0.2, 0) is 32.9 Å². The molecule has 0 aromatic carbocycles. The number of halogens is 5. The van der Waals surface area contributed by atoms with Crippen LogP contribution in [0.2, 0.25) is 0 Å². The van der Waals surface area contributed by atoms with Gasteiger partial charge in [0.2, 0.25) is 0 Å². The molecule has 18 nitrogen and oxygen atoms in total. The third-order valence-electron chi connectivity index (χ3n) is 1.01. The Morgan fingerprint density at radius 3 is 0.857 bits per heavy atom. The molecule has 216 valence electrons. The summed E-state index contributed by atoms with van der Waals surface area (Å²) in [5.41, 5.74) is 0. The second-order valence-electron chi connectivity index (χ2n) is 4.34.